The number of nitrogens with zero attached hydrogens (tertiary/aromatic N) is 2. The van der Waals surface area contributed by atoms with Crippen LogP contribution < -0.4 is 10.7 Å². The van der Waals surface area contributed by atoms with E-state index in [4.69, 9.17) is 9.98 Å². The van der Waals surface area contributed by atoms with E-state index >= 15 is 0 Å². The molecular formula is C36H24N2. The Hall–Kier alpha value is -4.82. The van der Waals surface area contributed by atoms with Crippen molar-refractivity contribution in [2.45, 2.75) is 11.3 Å². The number of hydrogen-bond acceptors (Lipinski definition) is 2. The van der Waals surface area contributed by atoms with Crippen LogP contribution in [0.25, 0.3) is 5.57 Å². The van der Waals surface area contributed by atoms with Gasteiger partial charge in [-0.25, -0.2) is 9.98 Å². The van der Waals surface area contributed by atoms with Gasteiger partial charge in [0.2, 0.25) is 0 Å². The van der Waals surface area contributed by atoms with Crippen LogP contribution >= 0.6 is 0 Å². The van der Waals surface area contributed by atoms with E-state index in [1.54, 1.807) is 0 Å². The van der Waals surface area contributed by atoms with Gasteiger partial charge in [-0.1, -0.05) is 115 Å². The molecule has 1 atom stereocenters. The summed E-state index contributed by atoms with van der Waals surface area (Å²) in [4.78, 5) is 10.4. The molecule has 5 aromatic rings. The number of benzene rings is 5. The van der Waals surface area contributed by atoms with E-state index < -0.39 is 5.41 Å². The lowest BCUT2D eigenvalue weighted by Gasteiger charge is -2.45. The second kappa shape index (κ2) is 8.09. The Morgan fingerprint density at radius 3 is 1.87 bits per heavy atom. The molecule has 0 spiro atoms. The predicted octanol–water partition coefficient (Wildman–Crippen LogP) is 6.92. The van der Waals surface area contributed by atoms with Gasteiger partial charge in [0.25, 0.3) is 0 Å². The predicted molar refractivity (Wildman–Crippen MR) is 151 cm³/mol. The summed E-state index contributed by atoms with van der Waals surface area (Å²) in [5.74, 6) is 0.0769. The van der Waals surface area contributed by atoms with E-state index in [9.17, 15) is 0 Å². The SMILES string of the molecule is C1=CC(c2ccccc2)C(c2ccccc2)(c2ccccc2)C2=C1N=c1ccc3c(c12)N=c1ccccc1=3. The Balaban J connectivity index is 1.53. The van der Waals surface area contributed by atoms with Gasteiger partial charge in [-0.15, -0.1) is 0 Å². The maximum Gasteiger partial charge on any atom is 0.0814 e. The molecule has 0 amide bonds. The molecule has 2 nitrogen and oxygen atoms in total. The first kappa shape index (κ1) is 21.3. The van der Waals surface area contributed by atoms with E-state index in [0.717, 1.165) is 27.7 Å². The van der Waals surface area contributed by atoms with Crippen LogP contribution in [0, 0.1) is 10.4 Å². The van der Waals surface area contributed by atoms with Crippen molar-refractivity contribution in [1.82, 2.24) is 0 Å². The molecular weight excluding hydrogens is 460 g/mol. The van der Waals surface area contributed by atoms with Crippen LogP contribution in [0.4, 0.5) is 5.69 Å². The van der Waals surface area contributed by atoms with Crippen molar-refractivity contribution in [3.05, 3.63) is 189 Å². The first-order chi connectivity index (χ1) is 18.9. The second-order valence-corrected chi connectivity index (χ2v) is 10.1. The van der Waals surface area contributed by atoms with Crippen LogP contribution in [-0.4, -0.2) is 0 Å². The van der Waals surface area contributed by atoms with Gasteiger partial charge in [-0.2, -0.15) is 0 Å². The highest BCUT2D eigenvalue weighted by Crippen LogP contribution is 2.58. The summed E-state index contributed by atoms with van der Waals surface area (Å²) < 4.78 is 0. The third-order valence-electron chi connectivity index (χ3n) is 8.25. The summed E-state index contributed by atoms with van der Waals surface area (Å²) in [5.41, 5.74) is 7.78. The lowest BCUT2D eigenvalue weighted by atomic mass is 9.56. The number of allylic oxidation sites excluding steroid dienone is 3. The maximum atomic E-state index is 5.22. The minimum atomic E-state index is -0.484. The molecule has 178 valence electrons. The van der Waals surface area contributed by atoms with E-state index in [0.29, 0.717) is 0 Å². The molecule has 0 fully saturated rings. The zero-order valence-electron chi connectivity index (χ0n) is 20.8. The fraction of sp³-hybridized carbons (Fsp3) is 0.0556. The van der Waals surface area contributed by atoms with Gasteiger partial charge in [0.1, 0.15) is 0 Å². The van der Waals surface area contributed by atoms with Crippen molar-refractivity contribution in [2.75, 3.05) is 0 Å². The van der Waals surface area contributed by atoms with E-state index in [1.165, 1.54) is 32.7 Å². The highest BCUT2D eigenvalue weighted by molar-refractivity contribution is 5.92. The smallest absolute Gasteiger partial charge is 0.0814 e. The molecule has 1 aliphatic carbocycles. The van der Waals surface area contributed by atoms with Crippen molar-refractivity contribution < 1.29 is 0 Å². The lowest BCUT2D eigenvalue weighted by Crippen LogP contribution is -2.38. The highest BCUT2D eigenvalue weighted by atomic mass is 14.8. The Labute approximate surface area is 221 Å². The fourth-order valence-corrected chi connectivity index (χ4v) is 6.73. The Morgan fingerprint density at radius 2 is 1.16 bits per heavy atom. The van der Waals surface area contributed by atoms with Crippen LogP contribution in [0.5, 0.6) is 0 Å². The van der Waals surface area contributed by atoms with Crippen LogP contribution in [0.15, 0.2) is 155 Å². The first-order valence-electron chi connectivity index (χ1n) is 13.1. The van der Waals surface area contributed by atoms with Gasteiger partial charge in [0.15, 0.2) is 0 Å². The van der Waals surface area contributed by atoms with Crippen molar-refractivity contribution in [1.29, 1.82) is 0 Å². The Bertz CT molecular complexity index is 1970. The van der Waals surface area contributed by atoms with Crippen molar-refractivity contribution in [3.8, 4) is 0 Å². The normalized spacial score (nSPS) is 17.6. The largest absolute Gasteiger partial charge is 0.248 e. The van der Waals surface area contributed by atoms with Crippen molar-refractivity contribution >= 4 is 11.3 Å². The Kier molecular flexibility index (Phi) is 4.53. The van der Waals surface area contributed by atoms with Crippen LogP contribution in [-0.2, 0) is 5.41 Å². The third-order valence-corrected chi connectivity index (χ3v) is 8.25. The van der Waals surface area contributed by atoms with Crippen LogP contribution in [0.2, 0.25) is 0 Å². The summed E-state index contributed by atoms with van der Waals surface area (Å²) in [5, 5.41) is 4.40. The molecule has 0 aromatic heterocycles. The second-order valence-electron chi connectivity index (χ2n) is 10.1. The molecule has 0 bridgehead atoms. The number of hydrogen-bond donors (Lipinski definition) is 0. The molecule has 38 heavy (non-hydrogen) atoms. The molecule has 5 aromatic carbocycles. The topological polar surface area (TPSA) is 24.7 Å². The Morgan fingerprint density at radius 1 is 0.526 bits per heavy atom. The number of fused-ring (bicyclic) bond motifs is 5. The summed E-state index contributed by atoms with van der Waals surface area (Å²) in [6.07, 6.45) is 4.58. The molecule has 2 aliphatic heterocycles. The van der Waals surface area contributed by atoms with E-state index in [2.05, 4.69) is 140 Å². The summed E-state index contributed by atoms with van der Waals surface area (Å²) in [6, 6.07) is 45.6. The molecule has 2 heteroatoms. The average Bonchev–Trinajstić information content (AvgIpc) is 3.56. The van der Waals surface area contributed by atoms with Gasteiger partial charge in [-0.05, 0) is 41.0 Å². The number of para-hydroxylation sites is 1. The lowest BCUT2D eigenvalue weighted by molar-refractivity contribution is 0.581. The zero-order chi connectivity index (χ0) is 25.1. The monoisotopic (exact) mass is 484 g/mol. The fourth-order valence-electron chi connectivity index (χ4n) is 6.73. The van der Waals surface area contributed by atoms with Gasteiger partial charge in [-0.3, -0.25) is 0 Å². The molecule has 0 N–H and O–H groups in total. The molecule has 0 radical (unpaired) electrons. The highest BCUT2D eigenvalue weighted by Gasteiger charge is 2.50. The third kappa shape index (κ3) is 2.83. The standard InChI is InChI=1S/C36H24N2/c1-4-12-24(13-5-1)29-21-23-32-34(36(29,25-14-6-2-7-15-25)26-16-8-3-9-17-26)33-31(37-32)22-20-28-27-18-10-11-19-30(27)38-35(28)33/h1-23,29H. The van der Waals surface area contributed by atoms with Gasteiger partial charge >= 0.3 is 0 Å². The molecule has 3 aliphatic rings. The minimum Gasteiger partial charge on any atom is -0.248 e. The average molecular weight is 485 g/mol. The maximum absolute atomic E-state index is 5.22. The minimum absolute atomic E-state index is 0.0769. The van der Waals surface area contributed by atoms with Gasteiger partial charge < -0.3 is 0 Å². The van der Waals surface area contributed by atoms with E-state index in [1.807, 2.05) is 0 Å². The molecule has 0 saturated carbocycles. The summed E-state index contributed by atoms with van der Waals surface area (Å²) in [6.45, 7) is 0. The summed E-state index contributed by atoms with van der Waals surface area (Å²) >= 11 is 0. The zero-order valence-corrected chi connectivity index (χ0v) is 20.8. The first-order valence-corrected chi connectivity index (χ1v) is 13.1. The number of rotatable bonds is 3. The molecule has 8 rings (SSSR count). The van der Waals surface area contributed by atoms with Gasteiger partial charge in [0.05, 0.1) is 27.5 Å². The van der Waals surface area contributed by atoms with Crippen molar-refractivity contribution in [2.24, 2.45) is 9.98 Å². The quantitative estimate of drug-likeness (QED) is 0.260. The van der Waals surface area contributed by atoms with E-state index in [-0.39, 0.29) is 5.92 Å². The van der Waals surface area contributed by atoms with Crippen LogP contribution in [0.1, 0.15) is 28.2 Å². The van der Waals surface area contributed by atoms with Crippen LogP contribution in [0.3, 0.4) is 0 Å². The molecule has 2 heterocycles. The molecule has 0 saturated heterocycles. The van der Waals surface area contributed by atoms with Crippen molar-refractivity contribution in [3.63, 3.8) is 0 Å². The molecule has 1 unspecified atom stereocenters. The van der Waals surface area contributed by atoms with Gasteiger partial charge in [0, 0.05) is 27.5 Å². The summed E-state index contributed by atoms with van der Waals surface area (Å²) in [7, 11) is 0.